The van der Waals surface area contributed by atoms with Crippen LogP contribution in [0.5, 0.6) is 5.75 Å². The molecule has 1 radical (unpaired) electrons. The molecule has 0 spiro atoms. The standard InChI is InChI=1S/C9H10BrO/c10-7-4-8-11-9-5-2-1-3-6-9/h1-3,5H,4,7-8H2. The van der Waals surface area contributed by atoms with Crippen molar-refractivity contribution in [3.8, 4) is 5.75 Å². The first kappa shape index (κ1) is 8.60. The van der Waals surface area contributed by atoms with Crippen LogP contribution in [0.2, 0.25) is 0 Å². The highest BCUT2D eigenvalue weighted by Gasteiger charge is 1.89. The Morgan fingerprint density at radius 3 is 3.00 bits per heavy atom. The lowest BCUT2D eigenvalue weighted by Gasteiger charge is -2.02. The van der Waals surface area contributed by atoms with Crippen molar-refractivity contribution < 1.29 is 4.74 Å². The Labute approximate surface area is 75.5 Å². The third-order valence-electron chi connectivity index (χ3n) is 1.22. The molecule has 0 aromatic heterocycles. The van der Waals surface area contributed by atoms with Crippen LogP contribution in [0.1, 0.15) is 6.42 Å². The summed E-state index contributed by atoms with van der Waals surface area (Å²) >= 11 is 3.33. The number of hydrogen-bond donors (Lipinski definition) is 0. The van der Waals surface area contributed by atoms with E-state index in [-0.39, 0.29) is 0 Å². The molecule has 1 aromatic carbocycles. The summed E-state index contributed by atoms with van der Waals surface area (Å²) in [6.45, 7) is 0.756. The van der Waals surface area contributed by atoms with Crippen molar-refractivity contribution in [3.63, 3.8) is 0 Å². The maximum Gasteiger partial charge on any atom is 0.127 e. The third kappa shape index (κ3) is 3.42. The van der Waals surface area contributed by atoms with Crippen molar-refractivity contribution in [2.24, 2.45) is 0 Å². The zero-order chi connectivity index (χ0) is 7.94. The van der Waals surface area contributed by atoms with Crippen molar-refractivity contribution in [1.29, 1.82) is 0 Å². The van der Waals surface area contributed by atoms with Crippen LogP contribution >= 0.6 is 15.9 Å². The Morgan fingerprint density at radius 2 is 2.36 bits per heavy atom. The first-order valence-electron chi connectivity index (χ1n) is 3.59. The van der Waals surface area contributed by atoms with Crippen LogP contribution in [0.25, 0.3) is 0 Å². The smallest absolute Gasteiger partial charge is 0.127 e. The number of rotatable bonds is 4. The molecule has 1 aromatic rings. The monoisotopic (exact) mass is 213 g/mol. The summed E-state index contributed by atoms with van der Waals surface area (Å²) in [5.41, 5.74) is 0. The first-order chi connectivity index (χ1) is 5.43. The summed E-state index contributed by atoms with van der Waals surface area (Å²) in [4.78, 5) is 0. The molecule has 11 heavy (non-hydrogen) atoms. The second-order valence-electron chi connectivity index (χ2n) is 2.12. The van der Waals surface area contributed by atoms with Crippen LogP contribution < -0.4 is 4.74 Å². The number of alkyl halides is 1. The van der Waals surface area contributed by atoms with Gasteiger partial charge in [0.05, 0.1) is 6.61 Å². The lowest BCUT2D eigenvalue weighted by atomic mass is 10.3. The average Bonchev–Trinajstić information content (AvgIpc) is 2.07. The fourth-order valence-corrected chi connectivity index (χ4v) is 0.932. The molecule has 1 rings (SSSR count). The molecule has 0 aliphatic rings. The first-order valence-corrected chi connectivity index (χ1v) is 4.71. The van der Waals surface area contributed by atoms with Gasteiger partial charge >= 0.3 is 0 Å². The number of para-hydroxylation sites is 1. The Hall–Kier alpha value is -0.500. The van der Waals surface area contributed by atoms with Gasteiger partial charge in [-0.2, -0.15) is 0 Å². The van der Waals surface area contributed by atoms with Crippen LogP contribution in [0, 0.1) is 6.07 Å². The van der Waals surface area contributed by atoms with E-state index in [0.29, 0.717) is 0 Å². The summed E-state index contributed by atoms with van der Waals surface area (Å²) in [7, 11) is 0. The molecule has 0 bridgehead atoms. The van der Waals surface area contributed by atoms with Gasteiger partial charge in [-0.1, -0.05) is 34.1 Å². The molecule has 0 saturated carbocycles. The molecule has 0 saturated heterocycles. The summed E-state index contributed by atoms with van der Waals surface area (Å²) in [6, 6.07) is 10.6. The highest BCUT2D eigenvalue weighted by molar-refractivity contribution is 9.09. The molecule has 0 atom stereocenters. The summed E-state index contributed by atoms with van der Waals surface area (Å²) in [6.07, 6.45) is 1.03. The van der Waals surface area contributed by atoms with Crippen molar-refractivity contribution in [2.45, 2.75) is 6.42 Å². The maximum absolute atomic E-state index is 5.36. The zero-order valence-electron chi connectivity index (χ0n) is 6.22. The molecule has 0 amide bonds. The molecular formula is C9H10BrO. The predicted molar refractivity (Wildman–Crippen MR) is 49.2 cm³/mol. The fraction of sp³-hybridized carbons (Fsp3) is 0.333. The molecule has 1 nitrogen and oxygen atoms in total. The van der Waals surface area contributed by atoms with Crippen LogP contribution in [0.3, 0.4) is 0 Å². The van der Waals surface area contributed by atoms with Crippen LogP contribution in [-0.4, -0.2) is 11.9 Å². The number of ether oxygens (including phenoxy) is 1. The van der Waals surface area contributed by atoms with Gasteiger partial charge < -0.3 is 4.74 Å². The quantitative estimate of drug-likeness (QED) is 0.553. The molecule has 0 heterocycles. The van der Waals surface area contributed by atoms with Crippen LogP contribution in [-0.2, 0) is 0 Å². The second-order valence-corrected chi connectivity index (χ2v) is 2.91. The minimum absolute atomic E-state index is 0.756. The Balaban J connectivity index is 2.28. The van der Waals surface area contributed by atoms with E-state index < -0.39 is 0 Å². The number of hydrogen-bond acceptors (Lipinski definition) is 1. The molecule has 2 heteroatoms. The van der Waals surface area contributed by atoms with Gasteiger partial charge in [0.2, 0.25) is 0 Å². The van der Waals surface area contributed by atoms with Gasteiger partial charge in [-0.3, -0.25) is 0 Å². The summed E-state index contributed by atoms with van der Waals surface area (Å²) in [5.74, 6) is 0.827. The molecular weight excluding hydrogens is 204 g/mol. The average molecular weight is 214 g/mol. The van der Waals surface area contributed by atoms with E-state index >= 15 is 0 Å². The molecule has 0 aliphatic heterocycles. The Morgan fingerprint density at radius 1 is 1.45 bits per heavy atom. The molecule has 0 aliphatic carbocycles. The minimum Gasteiger partial charge on any atom is -0.493 e. The lowest BCUT2D eigenvalue weighted by molar-refractivity contribution is 0.318. The summed E-state index contributed by atoms with van der Waals surface area (Å²) in [5, 5.41) is 0.986. The molecule has 0 unspecified atom stereocenters. The van der Waals surface area contributed by atoms with E-state index in [0.717, 1.165) is 24.1 Å². The molecule has 0 fully saturated rings. The topological polar surface area (TPSA) is 9.23 Å². The van der Waals surface area contributed by atoms with E-state index in [9.17, 15) is 0 Å². The summed E-state index contributed by atoms with van der Waals surface area (Å²) < 4.78 is 5.36. The molecule has 59 valence electrons. The number of halogens is 1. The number of benzene rings is 1. The maximum atomic E-state index is 5.36. The van der Waals surface area contributed by atoms with Crippen LogP contribution in [0.15, 0.2) is 24.3 Å². The van der Waals surface area contributed by atoms with Gasteiger partial charge in [-0.05, 0) is 12.5 Å². The van der Waals surface area contributed by atoms with Gasteiger partial charge in [-0.15, -0.1) is 0 Å². The van der Waals surface area contributed by atoms with Crippen molar-refractivity contribution in [2.75, 3.05) is 11.9 Å². The van der Waals surface area contributed by atoms with E-state index in [2.05, 4.69) is 22.0 Å². The SMILES string of the molecule is BrCCCOc1[c]cccc1. The van der Waals surface area contributed by atoms with Crippen molar-refractivity contribution >= 4 is 15.9 Å². The van der Waals surface area contributed by atoms with Gasteiger partial charge in [0, 0.05) is 11.4 Å². The minimum atomic E-state index is 0.756. The normalized spacial score (nSPS) is 9.55. The second kappa shape index (κ2) is 5.19. The lowest BCUT2D eigenvalue weighted by Crippen LogP contribution is -1.96. The van der Waals surface area contributed by atoms with Crippen molar-refractivity contribution in [3.05, 3.63) is 30.3 Å². The zero-order valence-corrected chi connectivity index (χ0v) is 7.80. The van der Waals surface area contributed by atoms with Crippen LogP contribution in [0.4, 0.5) is 0 Å². The predicted octanol–water partition coefficient (Wildman–Crippen LogP) is 2.65. The largest absolute Gasteiger partial charge is 0.493 e. The van der Waals surface area contributed by atoms with Gasteiger partial charge in [-0.25, -0.2) is 0 Å². The highest BCUT2D eigenvalue weighted by Crippen LogP contribution is 2.07. The van der Waals surface area contributed by atoms with Gasteiger partial charge in [0.1, 0.15) is 5.75 Å². The van der Waals surface area contributed by atoms with Crippen molar-refractivity contribution in [1.82, 2.24) is 0 Å². The van der Waals surface area contributed by atoms with E-state index in [1.807, 2.05) is 24.3 Å². The van der Waals surface area contributed by atoms with E-state index in [1.165, 1.54) is 0 Å². The van der Waals surface area contributed by atoms with Gasteiger partial charge in [0.15, 0.2) is 0 Å². The van der Waals surface area contributed by atoms with E-state index in [4.69, 9.17) is 4.74 Å². The highest BCUT2D eigenvalue weighted by atomic mass is 79.9. The van der Waals surface area contributed by atoms with E-state index in [1.54, 1.807) is 0 Å². The third-order valence-corrected chi connectivity index (χ3v) is 1.78. The van der Waals surface area contributed by atoms with Gasteiger partial charge in [0.25, 0.3) is 0 Å². The fourth-order valence-electron chi connectivity index (χ4n) is 0.703. The Bertz CT molecular complexity index is 186. The molecule has 0 N–H and O–H groups in total. The Kier molecular flexibility index (Phi) is 4.06.